The summed E-state index contributed by atoms with van der Waals surface area (Å²) < 4.78 is 0. The molecule has 0 aliphatic carbocycles. The molecule has 2 rings (SSSR count). The van der Waals surface area contributed by atoms with Gasteiger partial charge in [0.25, 0.3) is 0 Å². The molecule has 2 N–H and O–H groups in total. The Hall–Kier alpha value is -1.17. The van der Waals surface area contributed by atoms with Crippen LogP contribution in [0.1, 0.15) is 20.8 Å². The van der Waals surface area contributed by atoms with E-state index in [4.69, 9.17) is 18.0 Å². The topological polar surface area (TPSA) is 43.1 Å². The molecule has 2 aromatic rings. The molecule has 0 bridgehead atoms. The SMILES string of the molecule is NC(=S)c1ccc(CSCC(=O)c2cccs2)cc1. The van der Waals surface area contributed by atoms with Crippen LogP contribution in [0.4, 0.5) is 0 Å². The van der Waals surface area contributed by atoms with Crippen LogP contribution in [0.2, 0.25) is 0 Å². The number of rotatable bonds is 6. The van der Waals surface area contributed by atoms with Gasteiger partial charge in [-0.15, -0.1) is 23.1 Å². The van der Waals surface area contributed by atoms with Crippen molar-refractivity contribution in [3.8, 4) is 0 Å². The minimum Gasteiger partial charge on any atom is -0.389 e. The van der Waals surface area contributed by atoms with Gasteiger partial charge in [-0.25, -0.2) is 0 Å². The summed E-state index contributed by atoms with van der Waals surface area (Å²) in [4.78, 5) is 13.0. The van der Waals surface area contributed by atoms with Crippen molar-refractivity contribution in [3.05, 3.63) is 57.8 Å². The van der Waals surface area contributed by atoms with Gasteiger partial charge in [-0.1, -0.05) is 42.5 Å². The molecule has 0 unspecified atom stereocenters. The lowest BCUT2D eigenvalue weighted by Crippen LogP contribution is -2.08. The molecule has 1 heterocycles. The normalized spacial score (nSPS) is 10.3. The van der Waals surface area contributed by atoms with Crippen LogP contribution in [0.3, 0.4) is 0 Å². The average Bonchev–Trinajstić information content (AvgIpc) is 2.93. The van der Waals surface area contributed by atoms with Gasteiger partial charge in [0.1, 0.15) is 4.99 Å². The highest BCUT2D eigenvalue weighted by Crippen LogP contribution is 2.17. The molecule has 0 aliphatic rings. The maximum atomic E-state index is 11.8. The Kier molecular flexibility index (Phi) is 5.13. The third-order valence-electron chi connectivity index (χ3n) is 2.54. The molecular weight excluding hydrogens is 294 g/mol. The number of hydrogen-bond donors (Lipinski definition) is 1. The lowest BCUT2D eigenvalue weighted by molar-refractivity contribution is 0.102. The van der Waals surface area contributed by atoms with E-state index in [0.717, 1.165) is 16.2 Å². The van der Waals surface area contributed by atoms with E-state index in [9.17, 15) is 4.79 Å². The summed E-state index contributed by atoms with van der Waals surface area (Å²) in [5.74, 6) is 1.52. The van der Waals surface area contributed by atoms with Crippen LogP contribution >= 0.6 is 35.3 Å². The van der Waals surface area contributed by atoms with Gasteiger partial charge in [-0.3, -0.25) is 4.79 Å². The largest absolute Gasteiger partial charge is 0.389 e. The van der Waals surface area contributed by atoms with Crippen LogP contribution in [0.25, 0.3) is 0 Å². The predicted octanol–water partition coefficient (Wildman–Crippen LogP) is 3.50. The van der Waals surface area contributed by atoms with Crippen LogP contribution in [-0.4, -0.2) is 16.5 Å². The standard InChI is InChI=1S/C14H13NOS3/c15-14(17)11-5-3-10(4-6-11)8-18-9-12(16)13-2-1-7-19-13/h1-7H,8-9H2,(H2,15,17). The van der Waals surface area contributed by atoms with E-state index in [1.165, 1.54) is 16.9 Å². The van der Waals surface area contributed by atoms with Crippen LogP contribution < -0.4 is 5.73 Å². The summed E-state index contributed by atoms with van der Waals surface area (Å²) in [6, 6.07) is 11.6. The molecule has 0 atom stereocenters. The number of Topliss-reactive ketones (excluding diaryl/α,β-unsaturated/α-hetero) is 1. The molecule has 0 amide bonds. The Balaban J connectivity index is 1.82. The van der Waals surface area contributed by atoms with Crippen molar-refractivity contribution in [2.24, 2.45) is 5.73 Å². The smallest absolute Gasteiger partial charge is 0.182 e. The molecule has 98 valence electrons. The van der Waals surface area contributed by atoms with Gasteiger partial charge in [0.2, 0.25) is 0 Å². The molecule has 0 saturated carbocycles. The van der Waals surface area contributed by atoms with Crippen molar-refractivity contribution < 1.29 is 4.79 Å². The van der Waals surface area contributed by atoms with Gasteiger partial charge in [-0.2, -0.15) is 0 Å². The number of ketones is 1. The molecule has 5 heteroatoms. The first kappa shape index (κ1) is 14.2. The zero-order chi connectivity index (χ0) is 13.7. The number of carbonyl (C=O) groups excluding carboxylic acids is 1. The van der Waals surface area contributed by atoms with Gasteiger partial charge in [0, 0.05) is 11.3 Å². The number of thioether (sulfide) groups is 1. The number of nitrogens with two attached hydrogens (primary N) is 1. The predicted molar refractivity (Wildman–Crippen MR) is 87.1 cm³/mol. The molecule has 0 aliphatic heterocycles. The molecule has 1 aromatic carbocycles. The fourth-order valence-corrected chi connectivity index (χ4v) is 3.30. The number of hydrogen-bond acceptors (Lipinski definition) is 4. The highest BCUT2D eigenvalue weighted by Gasteiger charge is 2.06. The van der Waals surface area contributed by atoms with E-state index < -0.39 is 0 Å². The van der Waals surface area contributed by atoms with Gasteiger partial charge in [-0.05, 0) is 17.0 Å². The summed E-state index contributed by atoms with van der Waals surface area (Å²) in [5, 5.41) is 1.92. The molecule has 1 aromatic heterocycles. The summed E-state index contributed by atoms with van der Waals surface area (Å²) in [6.07, 6.45) is 0. The number of carbonyl (C=O) groups is 1. The van der Waals surface area contributed by atoms with Crippen molar-refractivity contribution in [2.45, 2.75) is 5.75 Å². The molecule has 0 radical (unpaired) electrons. The second kappa shape index (κ2) is 6.84. The van der Waals surface area contributed by atoms with Crippen LogP contribution in [-0.2, 0) is 5.75 Å². The van der Waals surface area contributed by atoms with E-state index in [0.29, 0.717) is 10.7 Å². The Bertz CT molecular complexity index is 561. The van der Waals surface area contributed by atoms with Gasteiger partial charge < -0.3 is 5.73 Å². The van der Waals surface area contributed by atoms with Crippen LogP contribution in [0.15, 0.2) is 41.8 Å². The maximum absolute atomic E-state index is 11.8. The summed E-state index contributed by atoms with van der Waals surface area (Å²) in [5.41, 5.74) is 7.58. The molecular formula is C14H13NOS3. The first-order valence-electron chi connectivity index (χ1n) is 5.70. The Morgan fingerprint density at radius 2 is 2.00 bits per heavy atom. The Labute approximate surface area is 126 Å². The minimum atomic E-state index is 0.194. The fourth-order valence-electron chi connectivity index (χ4n) is 1.54. The minimum absolute atomic E-state index is 0.194. The van der Waals surface area contributed by atoms with Crippen molar-refractivity contribution in [2.75, 3.05) is 5.75 Å². The lowest BCUT2D eigenvalue weighted by Gasteiger charge is -2.03. The fraction of sp³-hybridized carbons (Fsp3) is 0.143. The molecule has 2 nitrogen and oxygen atoms in total. The van der Waals surface area contributed by atoms with Gasteiger partial charge in [0.15, 0.2) is 5.78 Å². The molecule has 0 fully saturated rings. The van der Waals surface area contributed by atoms with E-state index in [1.807, 2.05) is 41.8 Å². The zero-order valence-corrected chi connectivity index (χ0v) is 12.6. The monoisotopic (exact) mass is 307 g/mol. The van der Waals surface area contributed by atoms with Gasteiger partial charge >= 0.3 is 0 Å². The van der Waals surface area contributed by atoms with Crippen LogP contribution in [0, 0.1) is 0 Å². The summed E-state index contributed by atoms with van der Waals surface area (Å²) in [7, 11) is 0. The second-order valence-electron chi connectivity index (χ2n) is 3.95. The van der Waals surface area contributed by atoms with E-state index >= 15 is 0 Å². The number of thiophene rings is 1. The molecule has 19 heavy (non-hydrogen) atoms. The van der Waals surface area contributed by atoms with Crippen molar-refractivity contribution in [1.29, 1.82) is 0 Å². The van der Waals surface area contributed by atoms with Crippen molar-refractivity contribution >= 4 is 46.1 Å². The quantitative estimate of drug-likeness (QED) is 0.655. The highest BCUT2D eigenvalue weighted by atomic mass is 32.2. The van der Waals surface area contributed by atoms with Crippen molar-refractivity contribution in [3.63, 3.8) is 0 Å². The second-order valence-corrected chi connectivity index (χ2v) is 6.33. The maximum Gasteiger partial charge on any atom is 0.182 e. The Morgan fingerprint density at radius 3 is 2.58 bits per heavy atom. The summed E-state index contributed by atoms with van der Waals surface area (Å²) >= 11 is 8.01. The first-order valence-corrected chi connectivity index (χ1v) is 8.14. The van der Waals surface area contributed by atoms with E-state index in [-0.39, 0.29) is 5.78 Å². The highest BCUT2D eigenvalue weighted by molar-refractivity contribution is 7.99. The van der Waals surface area contributed by atoms with Gasteiger partial charge in [0.05, 0.1) is 10.6 Å². The molecule has 0 spiro atoms. The zero-order valence-electron chi connectivity index (χ0n) is 10.2. The van der Waals surface area contributed by atoms with E-state index in [1.54, 1.807) is 11.8 Å². The van der Waals surface area contributed by atoms with Crippen molar-refractivity contribution in [1.82, 2.24) is 0 Å². The third kappa shape index (κ3) is 4.16. The van der Waals surface area contributed by atoms with Crippen LogP contribution in [0.5, 0.6) is 0 Å². The van der Waals surface area contributed by atoms with E-state index in [2.05, 4.69) is 0 Å². The number of thiocarbonyl (C=S) groups is 1. The number of benzene rings is 1. The molecule has 0 saturated heterocycles. The average molecular weight is 307 g/mol. The third-order valence-corrected chi connectivity index (χ3v) is 4.69. The Morgan fingerprint density at radius 1 is 1.26 bits per heavy atom. The first-order chi connectivity index (χ1) is 9.16. The summed E-state index contributed by atoms with van der Waals surface area (Å²) in [6.45, 7) is 0. The lowest BCUT2D eigenvalue weighted by atomic mass is 10.1.